The molecule has 0 saturated heterocycles. The van der Waals surface area contributed by atoms with Crippen LogP contribution < -0.4 is 0 Å². The molecule has 0 N–H and O–H groups in total. The first-order valence-electron chi connectivity index (χ1n) is 6.06. The van der Waals surface area contributed by atoms with Crippen LogP contribution in [-0.4, -0.2) is 40.0 Å². The standard InChI is InChI=1S/C12H16N4O2S/c1-3-15(4-2)19(17,18)16-9-7-12(14-16)11-6-5-8-13-10-11/h5-10H,3-4H2,1-2H3. The SMILES string of the molecule is CCN(CC)S(=O)(=O)n1ccc(-c2cccnc2)n1. The molecule has 0 aliphatic heterocycles. The van der Waals surface area contributed by atoms with Crippen LogP contribution in [0.2, 0.25) is 0 Å². The molecule has 2 heterocycles. The highest BCUT2D eigenvalue weighted by Crippen LogP contribution is 2.16. The van der Waals surface area contributed by atoms with Gasteiger partial charge in [-0.05, 0) is 18.2 Å². The number of pyridine rings is 1. The molecule has 2 aromatic heterocycles. The van der Waals surface area contributed by atoms with Crippen LogP contribution in [0.25, 0.3) is 11.3 Å². The molecule has 0 spiro atoms. The molecule has 0 atom stereocenters. The first kappa shape index (κ1) is 13.7. The van der Waals surface area contributed by atoms with Gasteiger partial charge in [0.2, 0.25) is 0 Å². The Labute approximate surface area is 112 Å². The van der Waals surface area contributed by atoms with Crippen LogP contribution in [0.4, 0.5) is 0 Å². The molecule has 0 aliphatic rings. The van der Waals surface area contributed by atoms with Crippen LogP contribution in [0.15, 0.2) is 36.8 Å². The third-order valence-corrected chi connectivity index (χ3v) is 4.64. The average Bonchev–Trinajstić information content (AvgIpc) is 2.91. The summed E-state index contributed by atoms with van der Waals surface area (Å²) in [4.78, 5) is 3.99. The van der Waals surface area contributed by atoms with Crippen LogP contribution in [0.1, 0.15) is 13.8 Å². The topological polar surface area (TPSA) is 68.1 Å². The number of rotatable bonds is 5. The molecule has 0 bridgehead atoms. The summed E-state index contributed by atoms with van der Waals surface area (Å²) in [5, 5.41) is 4.12. The van der Waals surface area contributed by atoms with E-state index in [1.165, 1.54) is 10.5 Å². The number of nitrogens with zero attached hydrogens (tertiary/aromatic N) is 4. The zero-order chi connectivity index (χ0) is 13.9. The molecule has 0 aromatic carbocycles. The summed E-state index contributed by atoms with van der Waals surface area (Å²) in [5.74, 6) is 0. The van der Waals surface area contributed by atoms with Gasteiger partial charge in [0.25, 0.3) is 0 Å². The minimum Gasteiger partial charge on any atom is -0.264 e. The third-order valence-electron chi connectivity index (χ3n) is 2.79. The predicted octanol–water partition coefficient (Wildman–Crippen LogP) is 1.38. The Kier molecular flexibility index (Phi) is 3.96. The Hall–Kier alpha value is -1.73. The molecule has 0 radical (unpaired) electrons. The van der Waals surface area contributed by atoms with Gasteiger partial charge in [0.05, 0.1) is 5.69 Å². The van der Waals surface area contributed by atoms with Gasteiger partial charge in [-0.1, -0.05) is 13.8 Å². The first-order chi connectivity index (χ1) is 9.09. The molecule has 0 amide bonds. The molecule has 2 rings (SSSR count). The molecule has 0 fully saturated rings. The van der Waals surface area contributed by atoms with Crippen LogP contribution in [-0.2, 0) is 10.2 Å². The summed E-state index contributed by atoms with van der Waals surface area (Å²) in [5.41, 5.74) is 1.37. The van der Waals surface area contributed by atoms with Crippen molar-refractivity contribution in [2.24, 2.45) is 0 Å². The molecule has 0 unspecified atom stereocenters. The smallest absolute Gasteiger partial charge is 0.264 e. The fourth-order valence-corrected chi connectivity index (χ4v) is 3.07. The van der Waals surface area contributed by atoms with Gasteiger partial charge < -0.3 is 0 Å². The van der Waals surface area contributed by atoms with E-state index in [-0.39, 0.29) is 0 Å². The van der Waals surface area contributed by atoms with Gasteiger partial charge in [-0.15, -0.1) is 0 Å². The van der Waals surface area contributed by atoms with Crippen molar-refractivity contribution in [1.29, 1.82) is 0 Å². The van der Waals surface area contributed by atoms with Gasteiger partial charge in [0, 0.05) is 37.2 Å². The van der Waals surface area contributed by atoms with E-state index >= 15 is 0 Å². The second-order valence-electron chi connectivity index (χ2n) is 3.91. The molecule has 6 nitrogen and oxygen atoms in total. The minimum absolute atomic E-state index is 0.418. The van der Waals surface area contributed by atoms with Gasteiger partial charge >= 0.3 is 10.2 Å². The Bertz CT molecular complexity index is 633. The van der Waals surface area contributed by atoms with Crippen molar-refractivity contribution in [2.45, 2.75) is 13.8 Å². The maximum atomic E-state index is 12.2. The fraction of sp³-hybridized carbons (Fsp3) is 0.333. The average molecular weight is 280 g/mol. The summed E-state index contributed by atoms with van der Waals surface area (Å²) < 4.78 is 26.9. The van der Waals surface area contributed by atoms with Crippen molar-refractivity contribution in [3.63, 3.8) is 0 Å². The van der Waals surface area contributed by atoms with E-state index in [2.05, 4.69) is 10.1 Å². The van der Waals surface area contributed by atoms with Crippen LogP contribution >= 0.6 is 0 Å². The Balaban J connectivity index is 2.37. The number of aromatic nitrogens is 3. The number of hydrogen-bond donors (Lipinski definition) is 0. The first-order valence-corrected chi connectivity index (χ1v) is 7.46. The molecule has 19 heavy (non-hydrogen) atoms. The Morgan fingerprint density at radius 2 is 2.00 bits per heavy atom. The zero-order valence-corrected chi connectivity index (χ0v) is 11.7. The van der Waals surface area contributed by atoms with Crippen molar-refractivity contribution in [1.82, 2.24) is 18.5 Å². The van der Waals surface area contributed by atoms with E-state index in [4.69, 9.17) is 0 Å². The Morgan fingerprint density at radius 3 is 2.58 bits per heavy atom. The van der Waals surface area contributed by atoms with Gasteiger partial charge in [-0.2, -0.15) is 21.9 Å². The molecule has 0 saturated carbocycles. The third kappa shape index (κ3) is 2.66. The molecule has 7 heteroatoms. The summed E-state index contributed by atoms with van der Waals surface area (Å²) >= 11 is 0. The van der Waals surface area contributed by atoms with Crippen LogP contribution in [0.5, 0.6) is 0 Å². The molecular weight excluding hydrogens is 264 g/mol. The normalized spacial score (nSPS) is 11.9. The van der Waals surface area contributed by atoms with Gasteiger partial charge in [-0.3, -0.25) is 4.98 Å². The monoisotopic (exact) mass is 280 g/mol. The summed E-state index contributed by atoms with van der Waals surface area (Å²) in [7, 11) is -3.57. The lowest BCUT2D eigenvalue weighted by molar-refractivity contribution is 0.433. The molecule has 102 valence electrons. The van der Waals surface area contributed by atoms with E-state index in [1.54, 1.807) is 38.4 Å². The maximum Gasteiger partial charge on any atom is 0.322 e. The van der Waals surface area contributed by atoms with Gasteiger partial charge in [0.15, 0.2) is 0 Å². The lowest BCUT2D eigenvalue weighted by Gasteiger charge is -2.17. The Morgan fingerprint density at radius 1 is 1.26 bits per heavy atom. The van der Waals surface area contributed by atoms with Crippen molar-refractivity contribution < 1.29 is 8.42 Å². The minimum atomic E-state index is -3.57. The van der Waals surface area contributed by atoms with Crippen molar-refractivity contribution in [2.75, 3.05) is 13.1 Å². The van der Waals surface area contributed by atoms with E-state index in [9.17, 15) is 8.42 Å². The lowest BCUT2D eigenvalue weighted by Crippen LogP contribution is -2.35. The van der Waals surface area contributed by atoms with Crippen LogP contribution in [0.3, 0.4) is 0 Å². The largest absolute Gasteiger partial charge is 0.322 e. The molecule has 2 aromatic rings. The van der Waals surface area contributed by atoms with Gasteiger partial charge in [0.1, 0.15) is 0 Å². The van der Waals surface area contributed by atoms with E-state index in [0.29, 0.717) is 18.8 Å². The molecular formula is C12H16N4O2S. The second-order valence-corrected chi connectivity index (χ2v) is 5.69. The van der Waals surface area contributed by atoms with Gasteiger partial charge in [-0.25, -0.2) is 0 Å². The van der Waals surface area contributed by atoms with Crippen molar-refractivity contribution >= 4 is 10.2 Å². The van der Waals surface area contributed by atoms with E-state index in [1.807, 2.05) is 6.07 Å². The predicted molar refractivity (Wildman–Crippen MR) is 72.7 cm³/mol. The summed E-state index contributed by atoms with van der Waals surface area (Å²) in [6, 6.07) is 5.29. The van der Waals surface area contributed by atoms with E-state index in [0.717, 1.165) is 9.65 Å². The summed E-state index contributed by atoms with van der Waals surface area (Å²) in [6.07, 6.45) is 4.76. The molecule has 0 aliphatic carbocycles. The fourth-order valence-electron chi connectivity index (χ4n) is 1.77. The number of hydrogen-bond acceptors (Lipinski definition) is 4. The highest BCUT2D eigenvalue weighted by atomic mass is 32.2. The van der Waals surface area contributed by atoms with Crippen molar-refractivity contribution in [3.05, 3.63) is 36.8 Å². The quantitative estimate of drug-likeness (QED) is 0.829. The zero-order valence-electron chi connectivity index (χ0n) is 10.9. The summed E-state index contributed by atoms with van der Waals surface area (Å²) in [6.45, 7) is 4.43. The highest BCUT2D eigenvalue weighted by molar-refractivity contribution is 7.87. The second kappa shape index (κ2) is 5.50. The highest BCUT2D eigenvalue weighted by Gasteiger charge is 2.22. The van der Waals surface area contributed by atoms with Crippen molar-refractivity contribution in [3.8, 4) is 11.3 Å². The van der Waals surface area contributed by atoms with Crippen LogP contribution in [0, 0.1) is 0 Å². The van der Waals surface area contributed by atoms with E-state index < -0.39 is 10.2 Å². The lowest BCUT2D eigenvalue weighted by atomic mass is 10.2. The maximum absolute atomic E-state index is 12.2.